The van der Waals surface area contributed by atoms with Gasteiger partial charge < -0.3 is 10.5 Å². The predicted octanol–water partition coefficient (Wildman–Crippen LogP) is 0.983. The van der Waals surface area contributed by atoms with Gasteiger partial charge >= 0.3 is 0 Å². The van der Waals surface area contributed by atoms with Crippen LogP contribution in [0.2, 0.25) is 0 Å². The lowest BCUT2D eigenvalue weighted by Gasteiger charge is -2.29. The molecule has 16 heavy (non-hydrogen) atoms. The van der Waals surface area contributed by atoms with Crippen LogP contribution in [0.15, 0.2) is 6.33 Å². The third-order valence-corrected chi connectivity index (χ3v) is 2.95. The molecule has 0 saturated heterocycles. The van der Waals surface area contributed by atoms with Gasteiger partial charge in [0.1, 0.15) is 12.2 Å². The van der Waals surface area contributed by atoms with E-state index in [9.17, 15) is 0 Å². The van der Waals surface area contributed by atoms with Gasteiger partial charge in [0, 0.05) is 26.1 Å². The second kappa shape index (κ2) is 5.41. The van der Waals surface area contributed by atoms with Crippen LogP contribution in [-0.4, -0.2) is 33.5 Å². The highest BCUT2D eigenvalue weighted by molar-refractivity contribution is 4.94. The Kier molecular flexibility index (Phi) is 4.44. The van der Waals surface area contributed by atoms with Gasteiger partial charge in [-0.05, 0) is 20.3 Å². The molecule has 0 bridgehead atoms. The first-order valence-electron chi connectivity index (χ1n) is 5.68. The van der Waals surface area contributed by atoms with Crippen molar-refractivity contribution < 1.29 is 4.74 Å². The fourth-order valence-electron chi connectivity index (χ4n) is 1.44. The molecule has 0 aliphatic rings. The van der Waals surface area contributed by atoms with Crippen molar-refractivity contribution in [2.75, 3.05) is 7.11 Å². The van der Waals surface area contributed by atoms with E-state index in [1.54, 1.807) is 13.4 Å². The van der Waals surface area contributed by atoms with Gasteiger partial charge in [-0.3, -0.25) is 4.68 Å². The zero-order valence-electron chi connectivity index (χ0n) is 10.6. The van der Waals surface area contributed by atoms with Crippen molar-refractivity contribution >= 4 is 0 Å². The molecule has 1 aromatic rings. The molecule has 0 saturated carbocycles. The van der Waals surface area contributed by atoms with Gasteiger partial charge in [0.15, 0.2) is 0 Å². The molecule has 0 amide bonds. The maximum Gasteiger partial charge on any atom is 0.138 e. The monoisotopic (exact) mass is 226 g/mol. The number of rotatable bonds is 6. The number of nitrogens with zero attached hydrogens (tertiary/aromatic N) is 3. The largest absolute Gasteiger partial charge is 0.377 e. The van der Waals surface area contributed by atoms with Crippen molar-refractivity contribution in [3.8, 4) is 0 Å². The summed E-state index contributed by atoms with van der Waals surface area (Å²) in [6.07, 6.45) is 3.30. The van der Waals surface area contributed by atoms with Crippen LogP contribution in [0, 0.1) is 0 Å². The Morgan fingerprint density at radius 3 is 2.81 bits per heavy atom. The van der Waals surface area contributed by atoms with Crippen LogP contribution in [0.25, 0.3) is 0 Å². The molecular formula is C11H22N4O. The van der Waals surface area contributed by atoms with Crippen LogP contribution >= 0.6 is 0 Å². The highest BCUT2D eigenvalue weighted by atomic mass is 16.5. The highest BCUT2D eigenvalue weighted by Crippen LogP contribution is 2.15. The van der Waals surface area contributed by atoms with Crippen molar-refractivity contribution in [3.63, 3.8) is 0 Å². The molecule has 92 valence electrons. The maximum absolute atomic E-state index is 6.11. The summed E-state index contributed by atoms with van der Waals surface area (Å²) in [5.41, 5.74) is 5.77. The summed E-state index contributed by atoms with van der Waals surface area (Å²) in [5, 5.41) is 4.18. The summed E-state index contributed by atoms with van der Waals surface area (Å²) in [6.45, 7) is 6.97. The second-order valence-electron chi connectivity index (χ2n) is 4.52. The van der Waals surface area contributed by atoms with Gasteiger partial charge in [-0.25, -0.2) is 4.98 Å². The molecule has 1 atom stereocenters. The third kappa shape index (κ3) is 3.02. The van der Waals surface area contributed by atoms with Crippen molar-refractivity contribution in [3.05, 3.63) is 12.2 Å². The average Bonchev–Trinajstić information content (AvgIpc) is 2.66. The average molecular weight is 226 g/mol. The molecule has 0 aliphatic heterocycles. The summed E-state index contributed by atoms with van der Waals surface area (Å²) >= 11 is 0. The predicted molar refractivity (Wildman–Crippen MR) is 63.1 cm³/mol. The van der Waals surface area contributed by atoms with E-state index in [1.165, 1.54) is 0 Å². The number of aromatic nitrogens is 3. The topological polar surface area (TPSA) is 66.0 Å². The molecule has 1 heterocycles. The fraction of sp³-hybridized carbons (Fsp3) is 0.818. The first kappa shape index (κ1) is 13.1. The molecule has 1 rings (SSSR count). The van der Waals surface area contributed by atoms with E-state index in [-0.39, 0.29) is 11.6 Å². The summed E-state index contributed by atoms with van der Waals surface area (Å²) < 4.78 is 7.27. The number of ether oxygens (including phenoxy) is 1. The number of nitrogens with two attached hydrogens (primary N) is 1. The summed E-state index contributed by atoms with van der Waals surface area (Å²) in [4.78, 5) is 4.24. The SMILES string of the molecule is CCCn1ncnc1CC(N)C(C)(C)OC. The molecule has 5 nitrogen and oxygen atoms in total. The van der Waals surface area contributed by atoms with Crippen LogP contribution in [0.3, 0.4) is 0 Å². The Balaban J connectivity index is 2.69. The first-order chi connectivity index (χ1) is 7.51. The molecule has 0 aliphatic carbocycles. The Morgan fingerprint density at radius 2 is 2.25 bits per heavy atom. The third-order valence-electron chi connectivity index (χ3n) is 2.95. The molecule has 0 spiro atoms. The standard InChI is InChI=1S/C11H22N4O/c1-5-6-15-10(13-8-14-15)7-9(12)11(2,3)16-4/h8-9H,5-7,12H2,1-4H3. The lowest BCUT2D eigenvalue weighted by molar-refractivity contribution is 0.0000971. The Labute approximate surface area is 97.0 Å². The van der Waals surface area contributed by atoms with Gasteiger partial charge in [-0.1, -0.05) is 6.92 Å². The van der Waals surface area contributed by atoms with Crippen LogP contribution in [0.4, 0.5) is 0 Å². The Hall–Kier alpha value is -0.940. The Bertz CT molecular complexity index is 322. The fourth-order valence-corrected chi connectivity index (χ4v) is 1.44. The normalized spacial score (nSPS) is 14.1. The van der Waals surface area contributed by atoms with Crippen LogP contribution < -0.4 is 5.73 Å². The summed E-state index contributed by atoms with van der Waals surface area (Å²) in [5.74, 6) is 0.930. The van der Waals surface area contributed by atoms with Crippen LogP contribution in [0.5, 0.6) is 0 Å². The van der Waals surface area contributed by atoms with Gasteiger partial charge in [0.25, 0.3) is 0 Å². The summed E-state index contributed by atoms with van der Waals surface area (Å²) in [6, 6.07) is -0.0858. The van der Waals surface area contributed by atoms with E-state index in [4.69, 9.17) is 10.5 Å². The molecule has 0 aromatic carbocycles. The van der Waals surface area contributed by atoms with Crippen molar-refractivity contribution in [1.29, 1.82) is 0 Å². The molecule has 2 N–H and O–H groups in total. The molecule has 0 fully saturated rings. The number of aryl methyl sites for hydroxylation is 1. The van der Waals surface area contributed by atoms with Gasteiger partial charge in [-0.15, -0.1) is 0 Å². The quantitative estimate of drug-likeness (QED) is 0.785. The van der Waals surface area contributed by atoms with Gasteiger partial charge in [0.05, 0.1) is 5.60 Å². The first-order valence-corrected chi connectivity index (χ1v) is 5.68. The van der Waals surface area contributed by atoms with Gasteiger partial charge in [-0.2, -0.15) is 5.10 Å². The molecule has 0 radical (unpaired) electrons. The van der Waals surface area contributed by atoms with Crippen LogP contribution in [0.1, 0.15) is 33.0 Å². The van der Waals surface area contributed by atoms with E-state index in [0.29, 0.717) is 6.42 Å². The lowest BCUT2D eigenvalue weighted by Crippen LogP contribution is -2.46. The maximum atomic E-state index is 6.11. The number of hydrogen-bond donors (Lipinski definition) is 1. The van der Waals surface area contributed by atoms with Crippen molar-refractivity contribution in [2.45, 2.75) is 51.8 Å². The van der Waals surface area contributed by atoms with Crippen LogP contribution in [-0.2, 0) is 17.7 Å². The zero-order valence-corrected chi connectivity index (χ0v) is 10.6. The van der Waals surface area contributed by atoms with Crippen molar-refractivity contribution in [2.24, 2.45) is 5.73 Å². The molecular weight excluding hydrogens is 204 g/mol. The van der Waals surface area contributed by atoms with Gasteiger partial charge in [0.2, 0.25) is 0 Å². The minimum atomic E-state index is -0.344. The Morgan fingerprint density at radius 1 is 1.56 bits per heavy atom. The van der Waals surface area contributed by atoms with E-state index in [1.807, 2.05) is 18.5 Å². The van der Waals surface area contributed by atoms with E-state index < -0.39 is 0 Å². The number of methoxy groups -OCH3 is 1. The smallest absolute Gasteiger partial charge is 0.138 e. The van der Waals surface area contributed by atoms with E-state index in [2.05, 4.69) is 17.0 Å². The van der Waals surface area contributed by atoms with Crippen molar-refractivity contribution in [1.82, 2.24) is 14.8 Å². The zero-order chi connectivity index (χ0) is 12.2. The minimum absolute atomic E-state index is 0.0858. The lowest BCUT2D eigenvalue weighted by atomic mass is 9.96. The highest BCUT2D eigenvalue weighted by Gasteiger charge is 2.27. The second-order valence-corrected chi connectivity index (χ2v) is 4.52. The van der Waals surface area contributed by atoms with E-state index >= 15 is 0 Å². The minimum Gasteiger partial charge on any atom is -0.377 e. The molecule has 5 heteroatoms. The summed E-state index contributed by atoms with van der Waals surface area (Å²) in [7, 11) is 1.68. The molecule has 1 aromatic heterocycles. The number of hydrogen-bond acceptors (Lipinski definition) is 4. The van der Waals surface area contributed by atoms with E-state index in [0.717, 1.165) is 18.8 Å². The molecule has 1 unspecified atom stereocenters.